The number of nitrogens with zero attached hydrogens (tertiary/aromatic N) is 1. The molecule has 2 aliphatic carbocycles. The second kappa shape index (κ2) is 4.14. The molecule has 0 amide bonds. The summed E-state index contributed by atoms with van der Waals surface area (Å²) in [5.74, 6) is 1.31. The lowest BCUT2D eigenvalue weighted by Crippen LogP contribution is -2.17. The summed E-state index contributed by atoms with van der Waals surface area (Å²) in [6.45, 7) is 0. The summed E-state index contributed by atoms with van der Waals surface area (Å²) in [6, 6.07) is 0. The number of rotatable bonds is 3. The third kappa shape index (κ3) is 1.84. The molecular weight excluding hydrogens is 238 g/mol. The van der Waals surface area contributed by atoms with Crippen molar-refractivity contribution in [2.75, 3.05) is 5.75 Å². The first-order valence-corrected chi connectivity index (χ1v) is 6.62. The zero-order valence-electron chi connectivity index (χ0n) is 9.14. The molecular formula is C12H11NO3S. The molecule has 0 bridgehead atoms. The maximum atomic E-state index is 12.0. The highest BCUT2D eigenvalue weighted by Gasteiger charge is 2.30. The van der Waals surface area contributed by atoms with Crippen molar-refractivity contribution in [2.45, 2.75) is 19.3 Å². The van der Waals surface area contributed by atoms with Crippen LogP contribution in [0, 0.1) is 5.92 Å². The van der Waals surface area contributed by atoms with Crippen molar-refractivity contribution in [3.8, 4) is 0 Å². The number of hydrogen-bond acceptors (Lipinski definition) is 5. The summed E-state index contributed by atoms with van der Waals surface area (Å²) in [5.41, 5.74) is 0.300. The highest BCUT2D eigenvalue weighted by Crippen LogP contribution is 2.35. The Morgan fingerprint density at radius 3 is 2.94 bits per heavy atom. The number of carbonyl (C=O) groups excluding carboxylic acids is 2. The van der Waals surface area contributed by atoms with E-state index in [1.807, 2.05) is 0 Å². The fraction of sp³-hybridized carbons (Fsp3) is 0.417. The summed E-state index contributed by atoms with van der Waals surface area (Å²) in [6.07, 6.45) is 6.46. The van der Waals surface area contributed by atoms with Crippen molar-refractivity contribution in [2.24, 2.45) is 5.92 Å². The van der Waals surface area contributed by atoms with Crippen LogP contribution in [0.4, 0.5) is 0 Å². The minimum Gasteiger partial charge on any atom is -0.352 e. The molecule has 0 aliphatic heterocycles. The summed E-state index contributed by atoms with van der Waals surface area (Å²) in [5, 5.41) is 3.50. The lowest BCUT2D eigenvalue weighted by atomic mass is 9.87. The molecule has 0 saturated heterocycles. The van der Waals surface area contributed by atoms with Gasteiger partial charge in [-0.3, -0.25) is 9.59 Å². The van der Waals surface area contributed by atoms with Crippen LogP contribution in [-0.4, -0.2) is 22.5 Å². The molecule has 1 saturated carbocycles. The van der Waals surface area contributed by atoms with Crippen LogP contribution < -0.4 is 0 Å². The molecule has 0 spiro atoms. The average molecular weight is 249 g/mol. The molecule has 1 aromatic rings. The van der Waals surface area contributed by atoms with Crippen LogP contribution in [0.15, 0.2) is 21.7 Å². The van der Waals surface area contributed by atoms with Crippen LogP contribution in [0.5, 0.6) is 0 Å². The molecule has 1 aromatic heterocycles. The number of fused-ring (bicyclic) bond motifs is 1. The van der Waals surface area contributed by atoms with Crippen molar-refractivity contribution in [3.63, 3.8) is 0 Å². The lowest BCUT2D eigenvalue weighted by molar-refractivity contribution is 0.0967. The number of hydrogen-bond donors (Lipinski definition) is 0. The number of thioether (sulfide) groups is 1. The topological polar surface area (TPSA) is 60.2 Å². The van der Waals surface area contributed by atoms with E-state index in [1.165, 1.54) is 43.3 Å². The van der Waals surface area contributed by atoms with Crippen molar-refractivity contribution < 1.29 is 14.1 Å². The molecule has 1 heterocycles. The Morgan fingerprint density at radius 1 is 1.41 bits per heavy atom. The predicted octanol–water partition coefficient (Wildman–Crippen LogP) is 2.47. The quantitative estimate of drug-likeness (QED) is 0.823. The smallest absolute Gasteiger partial charge is 0.225 e. The fourth-order valence-corrected chi connectivity index (χ4v) is 3.12. The highest BCUT2D eigenvalue weighted by atomic mass is 32.2. The maximum absolute atomic E-state index is 12.0. The van der Waals surface area contributed by atoms with Crippen LogP contribution in [0.3, 0.4) is 0 Å². The fourth-order valence-electron chi connectivity index (χ4n) is 1.94. The number of allylic oxidation sites excluding steroid dienone is 2. The minimum atomic E-state index is -0.256. The average Bonchev–Trinajstić information content (AvgIpc) is 2.72. The van der Waals surface area contributed by atoms with E-state index in [0.717, 1.165) is 5.75 Å². The molecule has 3 rings (SSSR count). The molecule has 0 atom stereocenters. The first-order chi connectivity index (χ1) is 8.25. The van der Waals surface area contributed by atoms with Gasteiger partial charge in [0.15, 0.2) is 0 Å². The summed E-state index contributed by atoms with van der Waals surface area (Å²) < 4.78 is 4.77. The van der Waals surface area contributed by atoms with Crippen LogP contribution in [0.1, 0.15) is 40.2 Å². The molecule has 2 aliphatic rings. The Morgan fingerprint density at radius 2 is 2.24 bits per heavy atom. The van der Waals surface area contributed by atoms with E-state index in [9.17, 15) is 9.59 Å². The van der Waals surface area contributed by atoms with Crippen molar-refractivity contribution >= 4 is 23.3 Å². The predicted molar refractivity (Wildman–Crippen MR) is 63.0 cm³/mol. The van der Waals surface area contributed by atoms with E-state index in [1.54, 1.807) is 0 Å². The van der Waals surface area contributed by atoms with E-state index < -0.39 is 0 Å². The highest BCUT2D eigenvalue weighted by molar-refractivity contribution is 8.04. The Labute approximate surface area is 102 Å². The molecule has 0 radical (unpaired) electrons. The Kier molecular flexibility index (Phi) is 2.63. The summed E-state index contributed by atoms with van der Waals surface area (Å²) >= 11 is 1.48. The van der Waals surface area contributed by atoms with Gasteiger partial charge < -0.3 is 4.52 Å². The zero-order valence-corrected chi connectivity index (χ0v) is 9.96. The molecule has 5 heteroatoms. The van der Waals surface area contributed by atoms with Crippen LogP contribution >= 0.6 is 11.8 Å². The lowest BCUT2D eigenvalue weighted by Gasteiger charge is -2.25. The Balaban J connectivity index is 1.76. The van der Waals surface area contributed by atoms with Crippen molar-refractivity contribution in [3.05, 3.63) is 28.5 Å². The molecule has 17 heavy (non-hydrogen) atoms. The van der Waals surface area contributed by atoms with Gasteiger partial charge in [-0.2, -0.15) is 0 Å². The number of carbonyl (C=O) groups is 2. The zero-order chi connectivity index (χ0) is 11.8. The standard InChI is InChI=1S/C12H11NO3S/c14-9-4-10(17-6-7-2-1-3-7)11(15)8-5-13-16-12(8)9/h4-5,7H,1-3,6H2. The van der Waals surface area contributed by atoms with Gasteiger partial charge in [0.25, 0.3) is 0 Å². The molecule has 88 valence electrons. The van der Waals surface area contributed by atoms with Gasteiger partial charge in [0.05, 0.1) is 16.7 Å². The summed E-state index contributed by atoms with van der Waals surface area (Å²) in [4.78, 5) is 24.2. The van der Waals surface area contributed by atoms with Gasteiger partial charge >= 0.3 is 0 Å². The molecule has 1 fully saturated rings. The van der Waals surface area contributed by atoms with Crippen molar-refractivity contribution in [1.82, 2.24) is 5.16 Å². The molecule has 0 aromatic carbocycles. The van der Waals surface area contributed by atoms with E-state index in [-0.39, 0.29) is 17.3 Å². The third-order valence-electron chi connectivity index (χ3n) is 3.22. The van der Waals surface area contributed by atoms with Gasteiger partial charge in [0.1, 0.15) is 0 Å². The van der Waals surface area contributed by atoms with E-state index in [2.05, 4.69) is 5.16 Å². The monoisotopic (exact) mass is 249 g/mol. The molecule has 0 N–H and O–H groups in total. The Hall–Kier alpha value is -1.36. The van der Waals surface area contributed by atoms with Gasteiger partial charge in [0, 0.05) is 11.8 Å². The molecule has 4 nitrogen and oxygen atoms in total. The second-order valence-corrected chi connectivity index (χ2v) is 5.44. The summed E-state index contributed by atoms with van der Waals surface area (Å²) in [7, 11) is 0. The third-order valence-corrected chi connectivity index (χ3v) is 4.48. The first kappa shape index (κ1) is 10.8. The van der Waals surface area contributed by atoms with Gasteiger partial charge in [-0.05, 0) is 18.8 Å². The van der Waals surface area contributed by atoms with Gasteiger partial charge in [-0.15, -0.1) is 11.8 Å². The number of Topliss-reactive ketones (excluding diaryl/α,β-unsaturated/α-hetero) is 1. The number of aromatic nitrogens is 1. The van der Waals surface area contributed by atoms with Crippen molar-refractivity contribution in [1.29, 1.82) is 0 Å². The SMILES string of the molecule is O=C1C(SCC2CCC2)=CC(=O)c2oncc21. The van der Waals surface area contributed by atoms with Crippen LogP contribution in [-0.2, 0) is 0 Å². The van der Waals surface area contributed by atoms with E-state index in [0.29, 0.717) is 16.4 Å². The normalized spacial score (nSPS) is 19.9. The largest absolute Gasteiger partial charge is 0.352 e. The van der Waals surface area contributed by atoms with E-state index in [4.69, 9.17) is 4.52 Å². The maximum Gasteiger partial charge on any atom is 0.225 e. The van der Waals surface area contributed by atoms with Crippen LogP contribution in [0.25, 0.3) is 0 Å². The van der Waals surface area contributed by atoms with Gasteiger partial charge in [0.2, 0.25) is 17.3 Å². The van der Waals surface area contributed by atoms with Gasteiger partial charge in [-0.25, -0.2) is 0 Å². The minimum absolute atomic E-state index is 0.0722. The van der Waals surface area contributed by atoms with Crippen LogP contribution in [0.2, 0.25) is 0 Å². The van der Waals surface area contributed by atoms with Gasteiger partial charge in [-0.1, -0.05) is 11.6 Å². The number of ketones is 2. The van der Waals surface area contributed by atoms with E-state index >= 15 is 0 Å². The Bertz CT molecular complexity index is 514. The second-order valence-electron chi connectivity index (χ2n) is 4.38. The first-order valence-electron chi connectivity index (χ1n) is 5.64. The molecule has 0 unspecified atom stereocenters.